The Hall–Kier alpha value is -2.71. The molecule has 8 heteroatoms. The lowest BCUT2D eigenvalue weighted by atomic mass is 10.1. The molecular formula is C23H23BrFN3O3. The Bertz CT molecular complexity index is 1060. The molecule has 0 saturated carbocycles. The summed E-state index contributed by atoms with van der Waals surface area (Å²) >= 11 is 3.51. The maximum Gasteiger partial charge on any atom is 0.276 e. The minimum Gasteiger partial charge on any atom is -0.489 e. The molecule has 0 radical (unpaired) electrons. The van der Waals surface area contributed by atoms with Gasteiger partial charge in [-0.05, 0) is 36.8 Å². The highest BCUT2D eigenvalue weighted by molar-refractivity contribution is 9.10. The van der Waals surface area contributed by atoms with E-state index in [-0.39, 0.29) is 24.0 Å². The van der Waals surface area contributed by atoms with Crippen LogP contribution in [0.4, 0.5) is 4.39 Å². The zero-order valence-electron chi connectivity index (χ0n) is 17.2. The third-order valence-corrected chi connectivity index (χ3v) is 5.81. The smallest absolute Gasteiger partial charge is 0.276 e. The van der Waals surface area contributed by atoms with E-state index >= 15 is 0 Å². The zero-order chi connectivity index (χ0) is 21.8. The number of benzene rings is 2. The summed E-state index contributed by atoms with van der Waals surface area (Å²) in [4.78, 5) is 17.2. The maximum atomic E-state index is 13.4. The summed E-state index contributed by atoms with van der Waals surface area (Å²) in [5.41, 5.74) is 2.08. The molecule has 31 heavy (non-hydrogen) atoms. The van der Waals surface area contributed by atoms with Gasteiger partial charge in [0.2, 0.25) is 0 Å². The van der Waals surface area contributed by atoms with E-state index in [1.807, 2.05) is 12.1 Å². The van der Waals surface area contributed by atoms with Crippen LogP contribution in [0.5, 0.6) is 5.75 Å². The summed E-state index contributed by atoms with van der Waals surface area (Å²) in [7, 11) is 0. The molecule has 3 aromatic rings. The average Bonchev–Trinajstić information content (AvgIpc) is 3.13. The lowest BCUT2D eigenvalue weighted by molar-refractivity contribution is 0.0616. The molecule has 0 bridgehead atoms. The highest BCUT2D eigenvalue weighted by Gasteiger charge is 2.28. The van der Waals surface area contributed by atoms with Crippen molar-refractivity contribution in [2.75, 3.05) is 26.2 Å². The normalized spacial score (nSPS) is 14.6. The van der Waals surface area contributed by atoms with Crippen molar-refractivity contribution in [1.29, 1.82) is 0 Å². The lowest BCUT2D eigenvalue weighted by Crippen LogP contribution is -2.48. The Morgan fingerprint density at radius 1 is 1.16 bits per heavy atom. The highest BCUT2D eigenvalue weighted by Crippen LogP contribution is 2.21. The first kappa shape index (κ1) is 21.5. The van der Waals surface area contributed by atoms with Gasteiger partial charge >= 0.3 is 0 Å². The summed E-state index contributed by atoms with van der Waals surface area (Å²) in [6.45, 7) is 5.46. The molecule has 1 fully saturated rings. The van der Waals surface area contributed by atoms with Crippen LogP contribution in [0, 0.1) is 12.7 Å². The van der Waals surface area contributed by atoms with E-state index < -0.39 is 0 Å². The van der Waals surface area contributed by atoms with E-state index in [2.05, 4.69) is 38.1 Å². The minimum atomic E-state index is -0.378. The molecule has 162 valence electrons. The average molecular weight is 488 g/mol. The van der Waals surface area contributed by atoms with Gasteiger partial charge < -0.3 is 14.2 Å². The number of amides is 1. The first-order chi connectivity index (χ1) is 15.0. The van der Waals surface area contributed by atoms with Gasteiger partial charge in [-0.25, -0.2) is 4.39 Å². The van der Waals surface area contributed by atoms with Gasteiger partial charge in [0.15, 0.2) is 5.69 Å². The van der Waals surface area contributed by atoms with Crippen LogP contribution in [0.1, 0.15) is 27.4 Å². The number of hydrogen-bond donors (Lipinski definition) is 0. The van der Waals surface area contributed by atoms with Crippen molar-refractivity contribution >= 4 is 21.8 Å². The maximum absolute atomic E-state index is 13.4. The summed E-state index contributed by atoms with van der Waals surface area (Å²) < 4.78 is 25.4. The Labute approximate surface area is 188 Å². The van der Waals surface area contributed by atoms with E-state index in [0.717, 1.165) is 24.1 Å². The van der Waals surface area contributed by atoms with Gasteiger partial charge in [0.1, 0.15) is 23.9 Å². The summed E-state index contributed by atoms with van der Waals surface area (Å²) in [6, 6.07) is 14.1. The predicted octanol–water partition coefficient (Wildman–Crippen LogP) is 4.42. The van der Waals surface area contributed by atoms with E-state index in [9.17, 15) is 9.18 Å². The second-order valence-electron chi connectivity index (χ2n) is 7.51. The number of hydrogen-bond acceptors (Lipinski definition) is 5. The van der Waals surface area contributed by atoms with Crippen molar-refractivity contribution in [2.24, 2.45) is 0 Å². The summed E-state index contributed by atoms with van der Waals surface area (Å²) in [5.74, 6) is 0.363. The van der Waals surface area contributed by atoms with Crippen molar-refractivity contribution in [1.82, 2.24) is 15.0 Å². The summed E-state index contributed by atoms with van der Waals surface area (Å²) in [6.07, 6.45) is 0. The fourth-order valence-corrected chi connectivity index (χ4v) is 4.04. The summed E-state index contributed by atoms with van der Waals surface area (Å²) in [5, 5.41) is 3.98. The van der Waals surface area contributed by atoms with E-state index in [1.54, 1.807) is 24.0 Å². The standard InChI is InChI=1S/C23H23BrFN3O3/c1-16-21(15-30-20-7-3-6-19(25)13-20)22(26-31-16)23(29)28-10-8-27(9-11-28)14-17-4-2-5-18(24)12-17/h2-7,12-13H,8-11,14-15H2,1H3. The third-order valence-electron chi connectivity index (χ3n) is 5.32. The topological polar surface area (TPSA) is 58.8 Å². The van der Waals surface area contributed by atoms with Gasteiger partial charge in [-0.3, -0.25) is 9.69 Å². The van der Waals surface area contributed by atoms with Crippen LogP contribution < -0.4 is 4.74 Å². The van der Waals surface area contributed by atoms with Crippen molar-refractivity contribution in [2.45, 2.75) is 20.1 Å². The number of ether oxygens (including phenoxy) is 1. The molecule has 1 saturated heterocycles. The molecule has 1 aliphatic heterocycles. The minimum absolute atomic E-state index is 0.0860. The van der Waals surface area contributed by atoms with Crippen LogP contribution in [0.2, 0.25) is 0 Å². The van der Waals surface area contributed by atoms with Crippen LogP contribution in [0.25, 0.3) is 0 Å². The Morgan fingerprint density at radius 3 is 2.68 bits per heavy atom. The first-order valence-electron chi connectivity index (χ1n) is 10.1. The van der Waals surface area contributed by atoms with Crippen LogP contribution >= 0.6 is 15.9 Å². The van der Waals surface area contributed by atoms with E-state index in [4.69, 9.17) is 9.26 Å². The molecule has 0 atom stereocenters. The Balaban J connectivity index is 1.37. The number of aromatic nitrogens is 1. The molecule has 0 unspecified atom stereocenters. The highest BCUT2D eigenvalue weighted by atomic mass is 79.9. The number of nitrogens with zero attached hydrogens (tertiary/aromatic N) is 3. The number of piperazine rings is 1. The fraction of sp³-hybridized carbons (Fsp3) is 0.304. The van der Waals surface area contributed by atoms with Crippen molar-refractivity contribution in [3.8, 4) is 5.75 Å². The molecule has 0 aliphatic carbocycles. The molecule has 6 nitrogen and oxygen atoms in total. The quantitative estimate of drug-likeness (QED) is 0.514. The second kappa shape index (κ2) is 9.62. The van der Waals surface area contributed by atoms with Crippen molar-refractivity contribution < 1.29 is 18.4 Å². The predicted molar refractivity (Wildman–Crippen MR) is 117 cm³/mol. The Kier molecular flexibility index (Phi) is 6.67. The van der Waals surface area contributed by atoms with Gasteiger partial charge in [-0.1, -0.05) is 39.3 Å². The molecule has 2 heterocycles. The fourth-order valence-electron chi connectivity index (χ4n) is 3.59. The molecule has 0 N–H and O–H groups in total. The number of rotatable bonds is 6. The molecule has 0 spiro atoms. The Morgan fingerprint density at radius 2 is 1.94 bits per heavy atom. The molecule has 1 aliphatic rings. The number of aryl methyl sites for hydroxylation is 1. The van der Waals surface area contributed by atoms with Crippen molar-refractivity contribution in [3.05, 3.63) is 81.4 Å². The van der Waals surface area contributed by atoms with Crippen LogP contribution in [-0.2, 0) is 13.2 Å². The largest absolute Gasteiger partial charge is 0.489 e. The zero-order valence-corrected chi connectivity index (χ0v) is 18.8. The molecule has 4 rings (SSSR count). The molecular weight excluding hydrogens is 465 g/mol. The SMILES string of the molecule is Cc1onc(C(=O)N2CCN(Cc3cccc(Br)c3)CC2)c1COc1cccc(F)c1. The van der Waals surface area contributed by atoms with Gasteiger partial charge in [0, 0.05) is 43.3 Å². The van der Waals surface area contributed by atoms with Crippen LogP contribution in [0.3, 0.4) is 0 Å². The number of carbonyl (C=O) groups excluding carboxylic acids is 1. The monoisotopic (exact) mass is 487 g/mol. The molecule has 1 aromatic heterocycles. The molecule has 1 amide bonds. The van der Waals surface area contributed by atoms with E-state index in [1.165, 1.54) is 17.7 Å². The van der Waals surface area contributed by atoms with Gasteiger partial charge in [0.05, 0.1) is 5.56 Å². The van der Waals surface area contributed by atoms with Gasteiger partial charge in [-0.15, -0.1) is 0 Å². The van der Waals surface area contributed by atoms with Gasteiger partial charge in [0.25, 0.3) is 5.91 Å². The van der Waals surface area contributed by atoms with E-state index in [0.29, 0.717) is 30.2 Å². The van der Waals surface area contributed by atoms with Crippen LogP contribution in [-0.4, -0.2) is 47.0 Å². The van der Waals surface area contributed by atoms with Crippen LogP contribution in [0.15, 0.2) is 57.5 Å². The third kappa shape index (κ3) is 5.32. The second-order valence-corrected chi connectivity index (χ2v) is 8.43. The number of carbonyl (C=O) groups is 1. The lowest BCUT2D eigenvalue weighted by Gasteiger charge is -2.34. The van der Waals surface area contributed by atoms with Gasteiger partial charge in [-0.2, -0.15) is 0 Å². The first-order valence-corrected chi connectivity index (χ1v) is 10.9. The van der Waals surface area contributed by atoms with Crippen molar-refractivity contribution in [3.63, 3.8) is 0 Å². The molecule has 2 aromatic carbocycles. The number of halogens is 2.